The van der Waals surface area contributed by atoms with E-state index in [-0.39, 0.29) is 5.91 Å². The summed E-state index contributed by atoms with van der Waals surface area (Å²) in [5.41, 5.74) is 2.46. The predicted molar refractivity (Wildman–Crippen MR) is 116 cm³/mol. The van der Waals surface area contributed by atoms with Gasteiger partial charge in [0.1, 0.15) is 10.8 Å². The number of hydrogen-bond donors (Lipinski definition) is 1. The van der Waals surface area contributed by atoms with E-state index in [9.17, 15) is 4.79 Å². The van der Waals surface area contributed by atoms with Crippen molar-refractivity contribution in [1.29, 1.82) is 0 Å². The fourth-order valence-corrected chi connectivity index (χ4v) is 4.21. The minimum Gasteiger partial charge on any atom is -0.493 e. The fraction of sp³-hybridized carbons (Fsp3) is 0.174. The van der Waals surface area contributed by atoms with E-state index in [4.69, 9.17) is 4.74 Å². The van der Waals surface area contributed by atoms with Gasteiger partial charge in [-0.1, -0.05) is 30.3 Å². The molecule has 2 heterocycles. The minimum atomic E-state index is -0.152. The second kappa shape index (κ2) is 8.41. The van der Waals surface area contributed by atoms with Crippen molar-refractivity contribution >= 4 is 28.0 Å². The summed E-state index contributed by atoms with van der Waals surface area (Å²) in [4.78, 5) is 22.9. The molecular formula is C23H21N3O2S. The molecule has 146 valence electrons. The number of amides is 1. The monoisotopic (exact) mass is 403 g/mol. The van der Waals surface area contributed by atoms with E-state index < -0.39 is 0 Å². The molecule has 1 amide bonds. The molecular weight excluding hydrogens is 382 g/mol. The Bertz CT molecular complexity index is 1160. The molecule has 4 rings (SSSR count). The van der Waals surface area contributed by atoms with Crippen LogP contribution in [0.5, 0.6) is 5.75 Å². The lowest BCUT2D eigenvalue weighted by Gasteiger charge is -2.13. The van der Waals surface area contributed by atoms with Crippen LogP contribution in [-0.2, 0) is 6.54 Å². The Labute approximate surface area is 173 Å². The van der Waals surface area contributed by atoms with E-state index in [2.05, 4.69) is 15.3 Å². The third-order valence-electron chi connectivity index (χ3n) is 4.63. The number of rotatable bonds is 6. The smallest absolute Gasteiger partial charge is 0.255 e. The quantitative estimate of drug-likeness (QED) is 0.492. The van der Waals surface area contributed by atoms with Crippen LogP contribution in [0.2, 0.25) is 0 Å². The Kier molecular flexibility index (Phi) is 5.53. The first-order chi connectivity index (χ1) is 14.2. The van der Waals surface area contributed by atoms with Crippen LogP contribution in [0.1, 0.15) is 27.9 Å². The van der Waals surface area contributed by atoms with Gasteiger partial charge in [0.2, 0.25) is 0 Å². The summed E-state index contributed by atoms with van der Waals surface area (Å²) >= 11 is 1.57. The van der Waals surface area contributed by atoms with E-state index in [1.54, 1.807) is 23.7 Å². The van der Waals surface area contributed by atoms with Crippen molar-refractivity contribution in [3.05, 3.63) is 77.1 Å². The first-order valence-corrected chi connectivity index (χ1v) is 10.3. The van der Waals surface area contributed by atoms with Gasteiger partial charge in [0, 0.05) is 22.8 Å². The highest BCUT2D eigenvalue weighted by Crippen LogP contribution is 2.30. The van der Waals surface area contributed by atoms with E-state index in [1.807, 2.05) is 62.4 Å². The van der Waals surface area contributed by atoms with Crippen LogP contribution in [0.25, 0.3) is 21.3 Å². The lowest BCUT2D eigenvalue weighted by molar-refractivity contribution is 0.0949. The zero-order valence-electron chi connectivity index (χ0n) is 16.3. The van der Waals surface area contributed by atoms with Gasteiger partial charge in [0.25, 0.3) is 5.91 Å². The summed E-state index contributed by atoms with van der Waals surface area (Å²) in [5.74, 6) is 0.446. The number of nitrogens with zero attached hydrogens (tertiary/aromatic N) is 2. The summed E-state index contributed by atoms with van der Waals surface area (Å²) in [6.45, 7) is 4.79. The molecule has 0 saturated carbocycles. The summed E-state index contributed by atoms with van der Waals surface area (Å²) in [6.07, 6.45) is 3.54. The molecule has 1 N–H and O–H groups in total. The Morgan fingerprint density at radius 2 is 2.00 bits per heavy atom. The van der Waals surface area contributed by atoms with Crippen LogP contribution in [0.3, 0.4) is 0 Å². The average Bonchev–Trinajstić information content (AvgIpc) is 3.13. The number of aromatic nitrogens is 2. The number of nitrogens with one attached hydrogen (secondary N) is 1. The Balaban J connectivity index is 1.59. The highest BCUT2D eigenvalue weighted by Gasteiger charge is 2.18. The molecule has 2 aromatic heterocycles. The van der Waals surface area contributed by atoms with Gasteiger partial charge < -0.3 is 10.1 Å². The standard InChI is InChI=1S/C23H21N3O2S/c1-3-28-19-11-10-16-7-4-5-9-18(16)21(19)22(27)25-14-20-15(2)26-23(29-20)17-8-6-12-24-13-17/h4-13H,3,14H2,1-2H3,(H,25,27). The molecule has 0 atom stereocenters. The van der Waals surface area contributed by atoms with Crippen molar-refractivity contribution in [2.24, 2.45) is 0 Å². The number of aryl methyl sites for hydroxylation is 1. The number of thiazole rings is 1. The van der Waals surface area contributed by atoms with Gasteiger partial charge in [0.05, 0.1) is 24.4 Å². The number of benzene rings is 2. The molecule has 29 heavy (non-hydrogen) atoms. The van der Waals surface area contributed by atoms with Gasteiger partial charge >= 0.3 is 0 Å². The summed E-state index contributed by atoms with van der Waals surface area (Å²) in [5, 5.41) is 5.84. The third kappa shape index (κ3) is 3.98. The topological polar surface area (TPSA) is 64.1 Å². The SMILES string of the molecule is CCOc1ccc2ccccc2c1C(=O)NCc1sc(-c2cccnc2)nc1C. The van der Waals surface area contributed by atoms with Gasteiger partial charge in [0.15, 0.2) is 0 Å². The molecule has 0 fully saturated rings. The molecule has 4 aromatic rings. The lowest BCUT2D eigenvalue weighted by Crippen LogP contribution is -2.23. The number of fused-ring (bicyclic) bond motifs is 1. The number of carbonyl (C=O) groups is 1. The summed E-state index contributed by atoms with van der Waals surface area (Å²) in [7, 11) is 0. The van der Waals surface area contributed by atoms with Crippen LogP contribution < -0.4 is 10.1 Å². The van der Waals surface area contributed by atoms with Crippen LogP contribution in [0.4, 0.5) is 0 Å². The molecule has 0 aliphatic carbocycles. The molecule has 0 aliphatic heterocycles. The average molecular weight is 404 g/mol. The first-order valence-electron chi connectivity index (χ1n) is 9.47. The second-order valence-corrected chi connectivity index (χ2v) is 7.63. The number of carbonyl (C=O) groups excluding carboxylic acids is 1. The van der Waals surface area contributed by atoms with Crippen LogP contribution in [0, 0.1) is 6.92 Å². The Morgan fingerprint density at radius 3 is 2.79 bits per heavy atom. The van der Waals surface area contributed by atoms with Gasteiger partial charge in [-0.15, -0.1) is 11.3 Å². The molecule has 0 spiro atoms. The first kappa shape index (κ1) is 19.1. The molecule has 0 saturated heterocycles. The van der Waals surface area contributed by atoms with Crippen molar-refractivity contribution in [1.82, 2.24) is 15.3 Å². The zero-order valence-corrected chi connectivity index (χ0v) is 17.1. The van der Waals surface area contributed by atoms with Gasteiger partial charge in [-0.05, 0) is 42.8 Å². The normalized spacial score (nSPS) is 10.8. The van der Waals surface area contributed by atoms with E-state index >= 15 is 0 Å². The number of pyridine rings is 1. The zero-order chi connectivity index (χ0) is 20.2. The van der Waals surface area contributed by atoms with Crippen molar-refractivity contribution in [2.75, 3.05) is 6.61 Å². The lowest BCUT2D eigenvalue weighted by atomic mass is 10.0. The van der Waals surface area contributed by atoms with E-state index in [1.165, 1.54) is 0 Å². The van der Waals surface area contributed by atoms with Crippen LogP contribution >= 0.6 is 11.3 Å². The molecule has 6 heteroatoms. The van der Waals surface area contributed by atoms with Crippen molar-refractivity contribution in [3.8, 4) is 16.3 Å². The number of hydrogen-bond acceptors (Lipinski definition) is 5. The maximum absolute atomic E-state index is 13.1. The Hall–Kier alpha value is -3.25. The second-order valence-electron chi connectivity index (χ2n) is 6.54. The fourth-order valence-electron chi connectivity index (χ4n) is 3.22. The van der Waals surface area contributed by atoms with Crippen LogP contribution in [-0.4, -0.2) is 22.5 Å². The molecule has 2 aromatic carbocycles. The maximum atomic E-state index is 13.1. The third-order valence-corrected chi connectivity index (χ3v) is 5.83. The van der Waals surface area contributed by atoms with E-state index in [0.717, 1.165) is 31.9 Å². The molecule has 0 bridgehead atoms. The van der Waals surface area contributed by atoms with Crippen LogP contribution in [0.15, 0.2) is 60.9 Å². The molecule has 0 radical (unpaired) electrons. The van der Waals surface area contributed by atoms with Gasteiger partial charge in [-0.3, -0.25) is 9.78 Å². The largest absolute Gasteiger partial charge is 0.493 e. The summed E-state index contributed by atoms with van der Waals surface area (Å²) in [6, 6.07) is 15.6. The van der Waals surface area contributed by atoms with Gasteiger partial charge in [-0.25, -0.2) is 4.98 Å². The maximum Gasteiger partial charge on any atom is 0.255 e. The molecule has 5 nitrogen and oxygen atoms in total. The predicted octanol–water partition coefficient (Wildman–Crippen LogP) is 5.00. The summed E-state index contributed by atoms with van der Waals surface area (Å²) < 4.78 is 5.73. The Morgan fingerprint density at radius 1 is 1.14 bits per heavy atom. The van der Waals surface area contributed by atoms with Crippen molar-refractivity contribution in [3.63, 3.8) is 0 Å². The highest BCUT2D eigenvalue weighted by molar-refractivity contribution is 7.15. The highest BCUT2D eigenvalue weighted by atomic mass is 32.1. The number of ether oxygens (including phenoxy) is 1. The van der Waals surface area contributed by atoms with Crippen molar-refractivity contribution in [2.45, 2.75) is 20.4 Å². The van der Waals surface area contributed by atoms with E-state index in [0.29, 0.717) is 24.5 Å². The minimum absolute atomic E-state index is 0.152. The van der Waals surface area contributed by atoms with Gasteiger partial charge in [-0.2, -0.15) is 0 Å². The van der Waals surface area contributed by atoms with Crippen molar-refractivity contribution < 1.29 is 9.53 Å². The molecule has 0 unspecified atom stereocenters. The molecule has 0 aliphatic rings.